The van der Waals surface area contributed by atoms with E-state index in [9.17, 15) is 22.8 Å². The Labute approximate surface area is 175 Å². The smallest absolute Gasteiger partial charge is 0.376 e. The highest BCUT2D eigenvalue weighted by Gasteiger charge is 2.30. The molecule has 1 heterocycles. The van der Waals surface area contributed by atoms with Crippen LogP contribution in [0.15, 0.2) is 59.8 Å². The van der Waals surface area contributed by atoms with Gasteiger partial charge in [0.15, 0.2) is 0 Å². The van der Waals surface area contributed by atoms with Crippen LogP contribution in [0, 0.1) is 0 Å². The van der Waals surface area contributed by atoms with Crippen molar-refractivity contribution < 1.29 is 22.8 Å². The van der Waals surface area contributed by atoms with Gasteiger partial charge in [-0.3, -0.25) is 9.59 Å². The molecule has 0 saturated heterocycles. The monoisotopic (exact) mass is 431 g/mol. The van der Waals surface area contributed by atoms with E-state index in [0.29, 0.717) is 6.54 Å². The fourth-order valence-corrected chi connectivity index (χ4v) is 2.99. The Morgan fingerprint density at radius 1 is 1.13 bits per heavy atom. The van der Waals surface area contributed by atoms with Gasteiger partial charge in [-0.15, -0.1) is 0 Å². The number of primary amides is 1. The number of nitrogens with two attached hydrogens (primary N) is 1. The van der Waals surface area contributed by atoms with Gasteiger partial charge in [0.25, 0.3) is 5.91 Å². The Morgan fingerprint density at radius 2 is 1.90 bits per heavy atom. The molecule has 0 unspecified atom stereocenters. The summed E-state index contributed by atoms with van der Waals surface area (Å²) in [7, 11) is 0. The first kappa shape index (κ1) is 21.9. The fourth-order valence-electron chi connectivity index (χ4n) is 2.99. The van der Waals surface area contributed by atoms with Gasteiger partial charge in [0, 0.05) is 41.3 Å². The maximum Gasteiger partial charge on any atom is 0.416 e. The molecule has 0 aliphatic heterocycles. The molecule has 3 aromatic rings. The number of hydrogen-bond acceptors (Lipinski definition) is 4. The lowest BCUT2D eigenvalue weighted by Gasteiger charge is -2.09. The highest BCUT2D eigenvalue weighted by molar-refractivity contribution is 5.99. The molecular weight excluding hydrogens is 411 g/mol. The third-order valence-electron chi connectivity index (χ3n) is 4.45. The Bertz CT molecular complexity index is 1120. The highest BCUT2D eigenvalue weighted by Crippen LogP contribution is 2.30. The number of hydrazone groups is 1. The van der Waals surface area contributed by atoms with E-state index in [2.05, 4.69) is 15.8 Å². The number of aryl methyl sites for hydroxylation is 1. The summed E-state index contributed by atoms with van der Waals surface area (Å²) < 4.78 is 40.1. The van der Waals surface area contributed by atoms with Gasteiger partial charge >= 0.3 is 6.18 Å². The number of hydrogen-bond donors (Lipinski definition) is 3. The van der Waals surface area contributed by atoms with Gasteiger partial charge in [0.1, 0.15) is 0 Å². The van der Waals surface area contributed by atoms with Crippen LogP contribution in [-0.4, -0.2) is 29.1 Å². The number of aromatic nitrogens is 1. The van der Waals surface area contributed by atoms with Gasteiger partial charge in [-0.05, 0) is 24.3 Å². The minimum atomic E-state index is -4.46. The topological polar surface area (TPSA) is 102 Å². The number of alkyl halides is 3. The van der Waals surface area contributed by atoms with Crippen molar-refractivity contribution in [2.45, 2.75) is 19.1 Å². The molecule has 0 spiro atoms. The molecule has 31 heavy (non-hydrogen) atoms. The normalized spacial score (nSPS) is 11.7. The molecule has 0 aliphatic carbocycles. The zero-order valence-electron chi connectivity index (χ0n) is 16.3. The number of rotatable bonds is 8. The molecule has 0 radical (unpaired) electrons. The number of anilines is 1. The molecule has 0 saturated carbocycles. The summed E-state index contributed by atoms with van der Waals surface area (Å²) in [4.78, 5) is 23.0. The molecule has 0 aliphatic rings. The summed E-state index contributed by atoms with van der Waals surface area (Å²) in [5.74, 6) is -0.931. The van der Waals surface area contributed by atoms with Gasteiger partial charge in [-0.2, -0.15) is 18.3 Å². The van der Waals surface area contributed by atoms with E-state index < -0.39 is 23.6 Å². The Balaban J connectivity index is 1.61. The molecule has 2 aromatic carbocycles. The van der Waals surface area contributed by atoms with Crippen LogP contribution in [0.25, 0.3) is 10.9 Å². The second-order valence-corrected chi connectivity index (χ2v) is 6.74. The first-order valence-corrected chi connectivity index (χ1v) is 9.33. The largest absolute Gasteiger partial charge is 0.416 e. The van der Waals surface area contributed by atoms with E-state index in [1.807, 2.05) is 28.8 Å². The minimum Gasteiger partial charge on any atom is -0.376 e. The zero-order valence-corrected chi connectivity index (χ0v) is 16.3. The maximum atomic E-state index is 12.7. The molecule has 2 amide bonds. The predicted octanol–water partition coefficient (Wildman–Crippen LogP) is 3.10. The van der Waals surface area contributed by atoms with E-state index in [1.165, 1.54) is 18.3 Å². The highest BCUT2D eigenvalue weighted by atomic mass is 19.4. The fraction of sp³-hybridized carbons (Fsp3) is 0.190. The number of fused-ring (bicyclic) bond motifs is 1. The van der Waals surface area contributed by atoms with Crippen molar-refractivity contribution in [2.24, 2.45) is 10.8 Å². The van der Waals surface area contributed by atoms with Crippen molar-refractivity contribution in [3.63, 3.8) is 0 Å². The van der Waals surface area contributed by atoms with Crippen LogP contribution in [-0.2, 0) is 22.3 Å². The molecule has 1 aromatic heterocycles. The molecule has 0 bridgehead atoms. The van der Waals surface area contributed by atoms with Crippen LogP contribution in [0.4, 0.5) is 18.9 Å². The van der Waals surface area contributed by atoms with Crippen LogP contribution < -0.4 is 16.5 Å². The van der Waals surface area contributed by atoms with E-state index >= 15 is 0 Å². The van der Waals surface area contributed by atoms with E-state index in [1.54, 1.807) is 6.20 Å². The van der Waals surface area contributed by atoms with Crippen molar-refractivity contribution in [1.29, 1.82) is 0 Å². The number of nitrogens with one attached hydrogen (secondary N) is 2. The SMILES string of the molecule is NC(=O)CCn1cc(/C=N\NC(=O)CNc2cccc(C(F)(F)F)c2)c2ccccc21. The molecule has 10 heteroatoms. The van der Waals surface area contributed by atoms with E-state index in [-0.39, 0.29) is 18.7 Å². The second kappa shape index (κ2) is 9.33. The van der Waals surface area contributed by atoms with Crippen molar-refractivity contribution in [2.75, 3.05) is 11.9 Å². The molecule has 162 valence electrons. The van der Waals surface area contributed by atoms with Gasteiger partial charge in [-0.1, -0.05) is 24.3 Å². The van der Waals surface area contributed by atoms with Crippen LogP contribution in [0.2, 0.25) is 0 Å². The summed E-state index contributed by atoms with van der Waals surface area (Å²) in [6, 6.07) is 12.1. The lowest BCUT2D eigenvalue weighted by Crippen LogP contribution is -2.26. The van der Waals surface area contributed by atoms with Gasteiger partial charge in [-0.25, -0.2) is 5.43 Å². The van der Waals surface area contributed by atoms with Crippen LogP contribution in [0.3, 0.4) is 0 Å². The minimum absolute atomic E-state index is 0.173. The van der Waals surface area contributed by atoms with Gasteiger partial charge in [0.05, 0.1) is 18.3 Å². The number of carbonyl (C=O) groups excluding carboxylic acids is 2. The number of carbonyl (C=O) groups is 2. The lowest BCUT2D eigenvalue weighted by atomic mass is 10.2. The average Bonchev–Trinajstić information content (AvgIpc) is 3.08. The molecular formula is C21H20F3N5O2. The Kier molecular flexibility index (Phi) is 6.58. The quantitative estimate of drug-likeness (QED) is 0.377. The molecule has 0 fully saturated rings. The number of halogens is 3. The molecule has 3 rings (SSSR count). The molecule has 0 atom stereocenters. The first-order valence-electron chi connectivity index (χ1n) is 9.33. The Hall–Kier alpha value is -3.82. The summed E-state index contributed by atoms with van der Waals surface area (Å²) in [6.45, 7) is 0.163. The van der Waals surface area contributed by atoms with Crippen molar-refractivity contribution in [1.82, 2.24) is 9.99 Å². The zero-order chi connectivity index (χ0) is 22.4. The summed E-state index contributed by atoms with van der Waals surface area (Å²) in [5, 5.41) is 7.43. The van der Waals surface area contributed by atoms with E-state index in [4.69, 9.17) is 5.73 Å². The summed E-state index contributed by atoms with van der Waals surface area (Å²) in [5.41, 5.74) is 8.54. The average molecular weight is 431 g/mol. The lowest BCUT2D eigenvalue weighted by molar-refractivity contribution is -0.137. The third-order valence-corrected chi connectivity index (χ3v) is 4.45. The first-order chi connectivity index (χ1) is 14.7. The molecule has 7 nitrogen and oxygen atoms in total. The second-order valence-electron chi connectivity index (χ2n) is 6.74. The summed E-state index contributed by atoms with van der Waals surface area (Å²) >= 11 is 0. The predicted molar refractivity (Wildman–Crippen MR) is 111 cm³/mol. The van der Waals surface area contributed by atoms with Crippen LogP contribution in [0.5, 0.6) is 0 Å². The standard InChI is InChI=1S/C21H20F3N5O2/c22-21(23,24)15-4-3-5-16(10-15)26-12-20(31)28-27-11-14-13-29(9-8-19(25)30)18-7-2-1-6-17(14)18/h1-7,10-11,13,26H,8-9,12H2,(H2,25,30)(H,28,31)/b27-11-. The molecule has 4 N–H and O–H groups in total. The van der Waals surface area contributed by atoms with Crippen molar-refractivity contribution >= 4 is 34.6 Å². The Morgan fingerprint density at radius 3 is 2.65 bits per heavy atom. The van der Waals surface area contributed by atoms with E-state index in [0.717, 1.165) is 28.6 Å². The van der Waals surface area contributed by atoms with Crippen molar-refractivity contribution in [3.05, 3.63) is 65.9 Å². The summed E-state index contributed by atoms with van der Waals surface area (Å²) in [6.07, 6.45) is -1.01. The number of benzene rings is 2. The maximum absolute atomic E-state index is 12.7. The number of amides is 2. The van der Waals surface area contributed by atoms with Gasteiger partial charge < -0.3 is 15.6 Å². The third kappa shape index (κ3) is 5.84. The number of para-hydroxylation sites is 1. The van der Waals surface area contributed by atoms with Crippen LogP contribution >= 0.6 is 0 Å². The van der Waals surface area contributed by atoms with Crippen LogP contribution in [0.1, 0.15) is 17.5 Å². The van der Waals surface area contributed by atoms with Gasteiger partial charge in [0.2, 0.25) is 5.91 Å². The van der Waals surface area contributed by atoms with Crippen molar-refractivity contribution in [3.8, 4) is 0 Å². The number of nitrogens with zero attached hydrogens (tertiary/aromatic N) is 2.